The van der Waals surface area contributed by atoms with Gasteiger partial charge in [-0.05, 0) is 26.0 Å². The number of nitrogens with zero attached hydrogens (tertiary/aromatic N) is 1. The van der Waals surface area contributed by atoms with Crippen LogP contribution in [0.15, 0.2) is 29.1 Å². The number of para-hydroxylation sites is 1. The van der Waals surface area contributed by atoms with Gasteiger partial charge in [0.1, 0.15) is 5.82 Å². The molecule has 0 aliphatic heterocycles. The Morgan fingerprint density at radius 3 is 2.80 bits per heavy atom. The quantitative estimate of drug-likeness (QED) is 0.745. The number of aromatic amines is 1. The molecule has 0 spiro atoms. The number of aromatic nitrogens is 2. The van der Waals surface area contributed by atoms with Crippen molar-refractivity contribution in [1.82, 2.24) is 15.3 Å². The summed E-state index contributed by atoms with van der Waals surface area (Å²) in [6.45, 7) is 4.11. The lowest BCUT2D eigenvalue weighted by atomic mass is 10.0. The molecule has 1 amide bonds. The zero-order valence-electron chi connectivity index (χ0n) is 11.6. The van der Waals surface area contributed by atoms with E-state index in [1.807, 2.05) is 19.9 Å². The monoisotopic (exact) mass is 274 g/mol. The number of primary amides is 1. The number of hydrogen-bond donors (Lipinski definition) is 3. The lowest BCUT2D eigenvalue weighted by Gasteiger charge is -2.24. The van der Waals surface area contributed by atoms with E-state index in [2.05, 4.69) is 15.3 Å². The number of fused-ring (bicyclic) bond motifs is 1. The Morgan fingerprint density at radius 2 is 2.10 bits per heavy atom. The smallest absolute Gasteiger partial charge is 0.258 e. The second kappa shape index (κ2) is 5.42. The number of carbonyl (C=O) groups excluding carboxylic acids is 1. The molecule has 0 fully saturated rings. The second-order valence-electron chi connectivity index (χ2n) is 5.41. The molecule has 0 saturated heterocycles. The van der Waals surface area contributed by atoms with E-state index < -0.39 is 5.54 Å². The predicted molar refractivity (Wildman–Crippen MR) is 77.1 cm³/mol. The number of benzene rings is 1. The third kappa shape index (κ3) is 3.42. The molecule has 0 radical (unpaired) electrons. The number of H-pyrrole nitrogens is 1. The summed E-state index contributed by atoms with van der Waals surface area (Å²) in [6.07, 6.45) is 0.213. The molecule has 0 bridgehead atoms. The summed E-state index contributed by atoms with van der Waals surface area (Å²) in [6, 6.07) is 7.16. The van der Waals surface area contributed by atoms with Gasteiger partial charge in [-0.3, -0.25) is 9.59 Å². The third-order valence-corrected chi connectivity index (χ3v) is 3.01. The molecule has 1 aromatic heterocycles. The maximum atomic E-state index is 11.9. The van der Waals surface area contributed by atoms with Gasteiger partial charge in [0.15, 0.2) is 0 Å². The van der Waals surface area contributed by atoms with E-state index in [-0.39, 0.29) is 17.9 Å². The Labute approximate surface area is 116 Å². The lowest BCUT2D eigenvalue weighted by molar-refractivity contribution is -0.119. The highest BCUT2D eigenvalue weighted by Crippen LogP contribution is 2.09. The summed E-state index contributed by atoms with van der Waals surface area (Å²) in [7, 11) is 0. The van der Waals surface area contributed by atoms with Gasteiger partial charge in [-0.2, -0.15) is 0 Å². The van der Waals surface area contributed by atoms with E-state index in [0.717, 1.165) is 0 Å². The number of hydrogen-bond acceptors (Lipinski definition) is 4. The molecule has 0 aliphatic rings. The van der Waals surface area contributed by atoms with Crippen molar-refractivity contribution in [2.75, 3.05) is 0 Å². The first-order valence-electron chi connectivity index (χ1n) is 6.39. The van der Waals surface area contributed by atoms with Crippen LogP contribution in [-0.4, -0.2) is 21.4 Å². The fourth-order valence-electron chi connectivity index (χ4n) is 2.04. The van der Waals surface area contributed by atoms with E-state index in [1.165, 1.54) is 0 Å². The standard InChI is InChI=1S/C14H18N4O2/c1-14(2,7-11(15)19)16-8-12-17-10-6-4-3-5-9(10)13(20)18-12/h3-6,16H,7-8H2,1-2H3,(H2,15,19)(H,17,18,20). The molecule has 0 saturated carbocycles. The topological polar surface area (TPSA) is 101 Å². The zero-order valence-corrected chi connectivity index (χ0v) is 11.6. The van der Waals surface area contributed by atoms with Crippen LogP contribution in [0.3, 0.4) is 0 Å². The first-order valence-corrected chi connectivity index (χ1v) is 6.39. The normalized spacial score (nSPS) is 11.7. The van der Waals surface area contributed by atoms with Gasteiger partial charge < -0.3 is 16.0 Å². The van der Waals surface area contributed by atoms with Crippen molar-refractivity contribution in [2.24, 2.45) is 5.73 Å². The van der Waals surface area contributed by atoms with Crippen LogP contribution in [0.5, 0.6) is 0 Å². The van der Waals surface area contributed by atoms with Crippen LogP contribution in [0.25, 0.3) is 10.9 Å². The van der Waals surface area contributed by atoms with E-state index in [9.17, 15) is 9.59 Å². The summed E-state index contributed by atoms with van der Waals surface area (Å²) in [5.74, 6) is 0.161. The molecule has 0 aliphatic carbocycles. The molecule has 2 rings (SSSR count). The molecule has 0 atom stereocenters. The molecule has 2 aromatic rings. The summed E-state index contributed by atoms with van der Waals surface area (Å²) in [5, 5.41) is 3.73. The molecule has 1 heterocycles. The molecule has 0 unspecified atom stereocenters. The van der Waals surface area contributed by atoms with Crippen LogP contribution in [0.4, 0.5) is 0 Å². The molecular weight excluding hydrogens is 256 g/mol. The number of amides is 1. The number of carbonyl (C=O) groups is 1. The van der Waals surface area contributed by atoms with Crippen molar-refractivity contribution >= 4 is 16.8 Å². The van der Waals surface area contributed by atoms with Gasteiger partial charge in [0.25, 0.3) is 5.56 Å². The van der Waals surface area contributed by atoms with Gasteiger partial charge >= 0.3 is 0 Å². The average Bonchev–Trinajstić information content (AvgIpc) is 2.35. The largest absolute Gasteiger partial charge is 0.370 e. The van der Waals surface area contributed by atoms with Crippen LogP contribution in [0, 0.1) is 0 Å². The van der Waals surface area contributed by atoms with Crippen LogP contribution in [-0.2, 0) is 11.3 Å². The van der Waals surface area contributed by atoms with Crippen molar-refractivity contribution in [1.29, 1.82) is 0 Å². The van der Waals surface area contributed by atoms with Crippen LogP contribution in [0.2, 0.25) is 0 Å². The van der Waals surface area contributed by atoms with Crippen molar-refractivity contribution in [3.8, 4) is 0 Å². The summed E-state index contributed by atoms with van der Waals surface area (Å²) in [4.78, 5) is 30.0. The van der Waals surface area contributed by atoms with Gasteiger partial charge in [-0.1, -0.05) is 12.1 Å². The fraction of sp³-hybridized carbons (Fsp3) is 0.357. The molecular formula is C14H18N4O2. The average molecular weight is 274 g/mol. The van der Waals surface area contributed by atoms with Gasteiger partial charge in [-0.25, -0.2) is 4.98 Å². The Hall–Kier alpha value is -2.21. The Balaban J connectivity index is 2.18. The Bertz CT molecular complexity index is 691. The van der Waals surface area contributed by atoms with Crippen LogP contribution < -0.4 is 16.6 Å². The van der Waals surface area contributed by atoms with E-state index in [4.69, 9.17) is 5.73 Å². The summed E-state index contributed by atoms with van der Waals surface area (Å²) >= 11 is 0. The minimum atomic E-state index is -0.448. The highest BCUT2D eigenvalue weighted by atomic mass is 16.1. The van der Waals surface area contributed by atoms with Crippen molar-refractivity contribution in [2.45, 2.75) is 32.4 Å². The molecule has 1 aromatic carbocycles. The molecule has 6 nitrogen and oxygen atoms in total. The Kier molecular flexibility index (Phi) is 3.85. The van der Waals surface area contributed by atoms with Crippen LogP contribution in [0.1, 0.15) is 26.1 Å². The highest BCUT2D eigenvalue weighted by molar-refractivity contribution is 5.77. The summed E-state index contributed by atoms with van der Waals surface area (Å²) < 4.78 is 0. The van der Waals surface area contributed by atoms with E-state index in [0.29, 0.717) is 23.3 Å². The van der Waals surface area contributed by atoms with Gasteiger partial charge in [0, 0.05) is 12.0 Å². The highest BCUT2D eigenvalue weighted by Gasteiger charge is 2.20. The van der Waals surface area contributed by atoms with Crippen molar-refractivity contribution < 1.29 is 4.79 Å². The first-order chi connectivity index (χ1) is 9.37. The molecule has 6 heteroatoms. The van der Waals surface area contributed by atoms with Crippen molar-refractivity contribution in [3.63, 3.8) is 0 Å². The first kappa shape index (κ1) is 14.2. The van der Waals surface area contributed by atoms with E-state index in [1.54, 1.807) is 18.2 Å². The number of nitrogens with one attached hydrogen (secondary N) is 2. The number of rotatable bonds is 5. The molecule has 106 valence electrons. The van der Waals surface area contributed by atoms with Gasteiger partial charge in [0.05, 0.1) is 17.4 Å². The van der Waals surface area contributed by atoms with Gasteiger partial charge in [-0.15, -0.1) is 0 Å². The predicted octanol–water partition coefficient (Wildman–Crippen LogP) is 0.667. The van der Waals surface area contributed by atoms with Gasteiger partial charge in [0.2, 0.25) is 5.91 Å². The molecule has 4 N–H and O–H groups in total. The molecule has 20 heavy (non-hydrogen) atoms. The fourth-order valence-corrected chi connectivity index (χ4v) is 2.04. The second-order valence-corrected chi connectivity index (χ2v) is 5.41. The Morgan fingerprint density at radius 1 is 1.40 bits per heavy atom. The zero-order chi connectivity index (χ0) is 14.8. The maximum Gasteiger partial charge on any atom is 0.258 e. The van der Waals surface area contributed by atoms with E-state index >= 15 is 0 Å². The minimum absolute atomic E-state index is 0.167. The minimum Gasteiger partial charge on any atom is -0.370 e. The van der Waals surface area contributed by atoms with Crippen molar-refractivity contribution in [3.05, 3.63) is 40.4 Å². The SMILES string of the molecule is CC(C)(CC(N)=O)NCc1nc2ccccc2c(=O)[nH]1. The number of nitrogens with two attached hydrogens (primary N) is 1. The van der Waals surface area contributed by atoms with Crippen LogP contribution >= 0.6 is 0 Å². The summed E-state index contributed by atoms with van der Waals surface area (Å²) in [5.41, 5.74) is 5.23. The third-order valence-electron chi connectivity index (χ3n) is 3.01. The maximum absolute atomic E-state index is 11.9. The lowest BCUT2D eigenvalue weighted by Crippen LogP contribution is -2.42.